The maximum absolute atomic E-state index is 11.6. The molecule has 0 saturated carbocycles. The van der Waals surface area contributed by atoms with Crippen molar-refractivity contribution in [3.8, 4) is 11.5 Å². The maximum atomic E-state index is 11.6. The highest BCUT2D eigenvalue weighted by molar-refractivity contribution is 7.99. The molecule has 1 amide bonds. The number of carbonyl (C=O) groups excluding carboxylic acids is 1. The zero-order valence-electron chi connectivity index (χ0n) is 12.3. The van der Waals surface area contributed by atoms with E-state index in [1.165, 1.54) is 16.7 Å². The molecule has 5 nitrogen and oxygen atoms in total. The lowest BCUT2D eigenvalue weighted by atomic mass is 10.0. The molecule has 3 rings (SSSR count). The zero-order chi connectivity index (χ0) is 15.5. The Kier molecular flexibility index (Phi) is 4.11. The number of hydrogen-bond acceptors (Lipinski definition) is 5. The smallest absolute Gasteiger partial charge is 0.277 e. The summed E-state index contributed by atoms with van der Waals surface area (Å²) < 4.78 is 5.68. The van der Waals surface area contributed by atoms with Crippen molar-refractivity contribution in [3.05, 3.63) is 42.5 Å². The van der Waals surface area contributed by atoms with Crippen molar-refractivity contribution in [1.82, 2.24) is 15.1 Å². The Morgan fingerprint density at radius 2 is 1.91 bits per heavy atom. The molecule has 0 saturated heterocycles. The first-order chi connectivity index (χ1) is 10.6. The molecular weight excluding hydrogens is 298 g/mol. The van der Waals surface area contributed by atoms with Gasteiger partial charge in [0, 0.05) is 19.7 Å². The van der Waals surface area contributed by atoms with Gasteiger partial charge in [0.25, 0.3) is 5.22 Å². The van der Waals surface area contributed by atoms with Gasteiger partial charge in [0.1, 0.15) is 0 Å². The Bertz CT molecular complexity index is 809. The number of carbonyl (C=O) groups is 1. The summed E-state index contributed by atoms with van der Waals surface area (Å²) in [5, 5.41) is 10.7. The topological polar surface area (TPSA) is 59.2 Å². The Hall–Kier alpha value is -2.34. The van der Waals surface area contributed by atoms with E-state index in [2.05, 4.69) is 10.2 Å². The molecule has 0 aliphatic rings. The van der Waals surface area contributed by atoms with Crippen molar-refractivity contribution in [2.45, 2.75) is 5.22 Å². The second-order valence-electron chi connectivity index (χ2n) is 4.98. The molecule has 2 aromatic carbocycles. The fourth-order valence-corrected chi connectivity index (χ4v) is 2.78. The average molecular weight is 313 g/mol. The highest BCUT2D eigenvalue weighted by atomic mass is 32.2. The van der Waals surface area contributed by atoms with Gasteiger partial charge in [0.15, 0.2) is 0 Å². The van der Waals surface area contributed by atoms with Crippen LogP contribution in [-0.2, 0) is 4.79 Å². The molecule has 0 unspecified atom stereocenters. The molecule has 0 aliphatic heterocycles. The largest absolute Gasteiger partial charge is 0.411 e. The molecule has 0 spiro atoms. The van der Waals surface area contributed by atoms with Gasteiger partial charge in [-0.2, -0.15) is 0 Å². The van der Waals surface area contributed by atoms with E-state index in [9.17, 15) is 4.79 Å². The lowest BCUT2D eigenvalue weighted by Gasteiger charge is -2.07. The van der Waals surface area contributed by atoms with Crippen LogP contribution < -0.4 is 0 Å². The fourth-order valence-electron chi connectivity index (χ4n) is 2.04. The van der Waals surface area contributed by atoms with E-state index in [0.29, 0.717) is 11.1 Å². The minimum absolute atomic E-state index is 0.00918. The monoisotopic (exact) mass is 313 g/mol. The number of aromatic nitrogens is 2. The second-order valence-corrected chi connectivity index (χ2v) is 5.90. The van der Waals surface area contributed by atoms with Crippen LogP contribution in [0.1, 0.15) is 0 Å². The lowest BCUT2D eigenvalue weighted by molar-refractivity contribution is -0.125. The first-order valence-electron chi connectivity index (χ1n) is 6.80. The van der Waals surface area contributed by atoms with Gasteiger partial charge < -0.3 is 9.32 Å². The summed E-state index contributed by atoms with van der Waals surface area (Å²) in [5.41, 5.74) is 0.899. The van der Waals surface area contributed by atoms with Gasteiger partial charge in [-0.1, -0.05) is 48.2 Å². The first-order valence-corrected chi connectivity index (χ1v) is 7.78. The summed E-state index contributed by atoms with van der Waals surface area (Å²) in [6.07, 6.45) is 0. The van der Waals surface area contributed by atoms with Crippen LogP contribution >= 0.6 is 11.8 Å². The number of hydrogen-bond donors (Lipinski definition) is 0. The SMILES string of the molecule is CN(C)C(=O)CSc1nnc(-c2cccc3ccccc23)o1. The van der Waals surface area contributed by atoms with Crippen LogP contribution in [0, 0.1) is 0 Å². The van der Waals surface area contributed by atoms with Crippen LogP contribution in [0.5, 0.6) is 0 Å². The molecule has 3 aromatic rings. The summed E-state index contributed by atoms with van der Waals surface area (Å²) in [7, 11) is 3.44. The minimum atomic E-state index is 0.00918. The molecule has 6 heteroatoms. The second kappa shape index (κ2) is 6.19. The van der Waals surface area contributed by atoms with Gasteiger partial charge in [-0.25, -0.2) is 0 Å². The highest BCUT2D eigenvalue weighted by Crippen LogP contribution is 2.29. The Labute approximate surface area is 132 Å². The molecule has 0 aliphatic carbocycles. The molecule has 0 N–H and O–H groups in total. The third-order valence-electron chi connectivity index (χ3n) is 3.24. The standard InChI is InChI=1S/C16H15N3O2S/c1-19(2)14(20)10-22-16-18-17-15(21-16)13-9-5-7-11-6-3-4-8-12(11)13/h3-9H,10H2,1-2H3. The quantitative estimate of drug-likeness (QED) is 0.693. The molecule has 112 valence electrons. The van der Waals surface area contributed by atoms with E-state index in [4.69, 9.17) is 4.42 Å². The molecule has 0 fully saturated rings. The van der Waals surface area contributed by atoms with E-state index in [-0.39, 0.29) is 11.7 Å². The summed E-state index contributed by atoms with van der Waals surface area (Å²) in [6, 6.07) is 14.0. The molecule has 0 atom stereocenters. The van der Waals surface area contributed by atoms with Crippen molar-refractivity contribution in [2.75, 3.05) is 19.8 Å². The van der Waals surface area contributed by atoms with Crippen molar-refractivity contribution < 1.29 is 9.21 Å². The van der Waals surface area contributed by atoms with E-state index >= 15 is 0 Å². The maximum Gasteiger partial charge on any atom is 0.277 e. The highest BCUT2D eigenvalue weighted by Gasteiger charge is 2.13. The number of nitrogens with zero attached hydrogens (tertiary/aromatic N) is 3. The number of benzene rings is 2. The third kappa shape index (κ3) is 2.96. The molecule has 0 radical (unpaired) electrons. The van der Waals surface area contributed by atoms with Gasteiger partial charge in [-0.3, -0.25) is 4.79 Å². The molecule has 1 heterocycles. The van der Waals surface area contributed by atoms with E-state index in [0.717, 1.165) is 16.3 Å². The molecular formula is C16H15N3O2S. The van der Waals surface area contributed by atoms with Crippen molar-refractivity contribution >= 4 is 28.4 Å². The van der Waals surface area contributed by atoms with Gasteiger partial charge in [0.2, 0.25) is 11.8 Å². The number of fused-ring (bicyclic) bond motifs is 1. The van der Waals surface area contributed by atoms with E-state index < -0.39 is 0 Å². The number of amides is 1. The Balaban J connectivity index is 1.85. The molecule has 1 aromatic heterocycles. The predicted octanol–water partition coefficient (Wildman–Crippen LogP) is 3.07. The van der Waals surface area contributed by atoms with Crippen molar-refractivity contribution in [3.63, 3.8) is 0 Å². The van der Waals surface area contributed by atoms with Gasteiger partial charge in [-0.15, -0.1) is 10.2 Å². The van der Waals surface area contributed by atoms with E-state index in [1.807, 2.05) is 42.5 Å². The number of thioether (sulfide) groups is 1. The number of rotatable bonds is 4. The van der Waals surface area contributed by atoms with Gasteiger partial charge in [0.05, 0.1) is 5.75 Å². The van der Waals surface area contributed by atoms with Crippen LogP contribution in [0.3, 0.4) is 0 Å². The molecule has 22 heavy (non-hydrogen) atoms. The van der Waals surface area contributed by atoms with Crippen LogP contribution in [-0.4, -0.2) is 40.9 Å². The van der Waals surface area contributed by atoms with Gasteiger partial charge in [-0.05, 0) is 16.8 Å². The summed E-state index contributed by atoms with van der Waals surface area (Å²) in [4.78, 5) is 13.1. The van der Waals surface area contributed by atoms with Gasteiger partial charge >= 0.3 is 0 Å². The normalized spacial score (nSPS) is 10.8. The minimum Gasteiger partial charge on any atom is -0.411 e. The van der Waals surface area contributed by atoms with Crippen molar-refractivity contribution in [2.24, 2.45) is 0 Å². The van der Waals surface area contributed by atoms with E-state index in [1.54, 1.807) is 14.1 Å². The summed E-state index contributed by atoms with van der Waals surface area (Å²) in [6.45, 7) is 0. The van der Waals surface area contributed by atoms with Crippen LogP contribution in [0.2, 0.25) is 0 Å². The molecule has 0 bridgehead atoms. The van der Waals surface area contributed by atoms with Crippen LogP contribution in [0.15, 0.2) is 52.1 Å². The Morgan fingerprint density at radius 3 is 2.73 bits per heavy atom. The van der Waals surface area contributed by atoms with Crippen molar-refractivity contribution in [1.29, 1.82) is 0 Å². The Morgan fingerprint density at radius 1 is 1.14 bits per heavy atom. The first kappa shape index (κ1) is 14.6. The average Bonchev–Trinajstić information content (AvgIpc) is 3.00. The summed E-state index contributed by atoms with van der Waals surface area (Å²) in [5.74, 6) is 0.760. The summed E-state index contributed by atoms with van der Waals surface area (Å²) >= 11 is 1.25. The predicted molar refractivity (Wildman–Crippen MR) is 86.7 cm³/mol. The lowest BCUT2D eigenvalue weighted by Crippen LogP contribution is -2.23. The zero-order valence-corrected chi connectivity index (χ0v) is 13.1. The third-order valence-corrected chi connectivity index (χ3v) is 4.05. The van der Waals surface area contributed by atoms with Crippen LogP contribution in [0.4, 0.5) is 0 Å². The van der Waals surface area contributed by atoms with Crippen LogP contribution in [0.25, 0.3) is 22.2 Å². The fraction of sp³-hybridized carbons (Fsp3) is 0.188.